The minimum Gasteiger partial charge on any atom is -0.326 e. The zero-order valence-corrected chi connectivity index (χ0v) is 18.2. The van der Waals surface area contributed by atoms with Crippen LogP contribution in [0, 0.1) is 18.7 Å². The molecule has 0 fully saturated rings. The van der Waals surface area contributed by atoms with Crippen LogP contribution in [0.2, 0.25) is 0 Å². The van der Waals surface area contributed by atoms with Gasteiger partial charge >= 0.3 is 0 Å². The normalized spacial score (nSPS) is 15.5. The van der Waals surface area contributed by atoms with Gasteiger partial charge in [0, 0.05) is 25.1 Å². The number of benzene rings is 2. The molecule has 0 saturated heterocycles. The second-order valence-corrected chi connectivity index (χ2v) is 8.40. The molecule has 1 unspecified atom stereocenters. The lowest BCUT2D eigenvalue weighted by Crippen LogP contribution is -2.50. The van der Waals surface area contributed by atoms with Crippen LogP contribution < -0.4 is 5.32 Å². The molecule has 0 aliphatic carbocycles. The molecule has 0 radical (unpaired) electrons. The van der Waals surface area contributed by atoms with Gasteiger partial charge in [0.05, 0.1) is 0 Å². The van der Waals surface area contributed by atoms with E-state index < -0.39 is 11.9 Å². The Morgan fingerprint density at radius 1 is 1.19 bits per heavy atom. The Balaban J connectivity index is 1.61. The van der Waals surface area contributed by atoms with Gasteiger partial charge in [-0.25, -0.2) is 4.39 Å². The number of carbonyl (C=O) groups excluding carboxylic acids is 2. The van der Waals surface area contributed by atoms with Crippen LogP contribution in [0.15, 0.2) is 42.5 Å². The standard InChI is InChI=1S/C23H25FN6O2/c1-14(2)10-22(31)29-13-17-7-5-4-6-16(17)11-21(29)23(32)25-18-8-9-19(24)20(12-18)30-15(3)26-27-28-30/h4-9,12,14,21H,10-11,13H2,1-3H3,(H,25,32). The van der Waals surface area contributed by atoms with E-state index >= 15 is 0 Å². The lowest BCUT2D eigenvalue weighted by molar-refractivity contribution is -0.140. The average Bonchev–Trinajstić information content (AvgIpc) is 3.19. The number of rotatable bonds is 5. The largest absolute Gasteiger partial charge is 0.326 e. The highest BCUT2D eigenvalue weighted by atomic mass is 19.1. The molecule has 1 aliphatic heterocycles. The van der Waals surface area contributed by atoms with Crippen LogP contribution in [0.4, 0.5) is 10.1 Å². The van der Waals surface area contributed by atoms with Gasteiger partial charge in [-0.2, -0.15) is 4.68 Å². The topological polar surface area (TPSA) is 93.0 Å². The fraction of sp³-hybridized carbons (Fsp3) is 0.348. The van der Waals surface area contributed by atoms with E-state index in [9.17, 15) is 14.0 Å². The van der Waals surface area contributed by atoms with E-state index in [0.717, 1.165) is 11.1 Å². The van der Waals surface area contributed by atoms with Crippen molar-refractivity contribution in [2.24, 2.45) is 5.92 Å². The summed E-state index contributed by atoms with van der Waals surface area (Å²) in [5.41, 5.74) is 2.63. The highest BCUT2D eigenvalue weighted by Crippen LogP contribution is 2.26. The zero-order chi connectivity index (χ0) is 22.8. The van der Waals surface area contributed by atoms with Gasteiger partial charge in [-0.1, -0.05) is 38.1 Å². The maximum absolute atomic E-state index is 14.4. The summed E-state index contributed by atoms with van der Waals surface area (Å²) < 4.78 is 15.6. The second kappa shape index (κ2) is 8.86. The lowest BCUT2D eigenvalue weighted by atomic mass is 9.92. The van der Waals surface area contributed by atoms with Crippen molar-refractivity contribution >= 4 is 17.5 Å². The molecule has 2 aromatic carbocycles. The summed E-state index contributed by atoms with van der Waals surface area (Å²) in [5, 5.41) is 14.0. The number of nitrogens with one attached hydrogen (secondary N) is 1. The molecule has 2 heterocycles. The SMILES string of the molecule is Cc1nnnn1-c1cc(NC(=O)C2Cc3ccccc3CN2C(=O)CC(C)C)ccc1F. The molecule has 4 rings (SSSR count). The Morgan fingerprint density at radius 2 is 1.94 bits per heavy atom. The van der Waals surface area contributed by atoms with Crippen LogP contribution >= 0.6 is 0 Å². The summed E-state index contributed by atoms with van der Waals surface area (Å²) in [6, 6.07) is 11.4. The van der Waals surface area contributed by atoms with Gasteiger partial charge in [-0.15, -0.1) is 5.10 Å². The summed E-state index contributed by atoms with van der Waals surface area (Å²) in [5.74, 6) is -0.288. The minimum absolute atomic E-state index is 0.0567. The summed E-state index contributed by atoms with van der Waals surface area (Å²) in [7, 11) is 0. The number of hydrogen-bond acceptors (Lipinski definition) is 5. The Labute approximate surface area is 185 Å². The fourth-order valence-corrected chi connectivity index (χ4v) is 3.92. The Hall–Kier alpha value is -3.62. The van der Waals surface area contributed by atoms with Gasteiger partial charge in [-0.3, -0.25) is 9.59 Å². The van der Waals surface area contributed by atoms with Crippen molar-refractivity contribution in [1.82, 2.24) is 25.1 Å². The molecule has 9 heteroatoms. The molecule has 1 atom stereocenters. The Morgan fingerprint density at radius 3 is 2.62 bits per heavy atom. The smallest absolute Gasteiger partial charge is 0.247 e. The molecule has 1 aliphatic rings. The van der Waals surface area contributed by atoms with Gasteiger partial charge < -0.3 is 10.2 Å². The van der Waals surface area contributed by atoms with Crippen molar-refractivity contribution in [3.8, 4) is 5.69 Å². The van der Waals surface area contributed by atoms with E-state index in [-0.39, 0.29) is 23.4 Å². The molecule has 1 aromatic heterocycles. The van der Waals surface area contributed by atoms with Gasteiger partial charge in [-0.05, 0) is 52.6 Å². The molecule has 166 valence electrons. The summed E-state index contributed by atoms with van der Waals surface area (Å²) in [6.07, 6.45) is 0.789. The number of aromatic nitrogens is 4. The number of amides is 2. The van der Waals surface area contributed by atoms with E-state index in [1.54, 1.807) is 11.8 Å². The molecule has 0 saturated carbocycles. The fourth-order valence-electron chi connectivity index (χ4n) is 3.92. The van der Waals surface area contributed by atoms with Crippen LogP contribution in [0.3, 0.4) is 0 Å². The summed E-state index contributed by atoms with van der Waals surface area (Å²) in [6.45, 7) is 6.00. The quantitative estimate of drug-likeness (QED) is 0.664. The van der Waals surface area contributed by atoms with Crippen LogP contribution in [0.1, 0.15) is 37.2 Å². The highest BCUT2D eigenvalue weighted by Gasteiger charge is 2.34. The molecule has 8 nitrogen and oxygen atoms in total. The molecule has 3 aromatic rings. The molecule has 2 amide bonds. The minimum atomic E-state index is -0.653. The van der Waals surface area contributed by atoms with Crippen LogP contribution in [0.5, 0.6) is 0 Å². The molecule has 0 bridgehead atoms. The summed E-state index contributed by atoms with van der Waals surface area (Å²) >= 11 is 0. The van der Waals surface area contributed by atoms with Gasteiger partial charge in [0.15, 0.2) is 5.82 Å². The molecule has 1 N–H and O–H groups in total. The van der Waals surface area contributed by atoms with E-state index in [2.05, 4.69) is 20.8 Å². The zero-order valence-electron chi connectivity index (χ0n) is 18.2. The maximum atomic E-state index is 14.4. The van der Waals surface area contributed by atoms with E-state index in [1.807, 2.05) is 38.1 Å². The molecular weight excluding hydrogens is 411 g/mol. The third-order valence-electron chi connectivity index (χ3n) is 5.52. The van der Waals surface area contributed by atoms with Crippen LogP contribution in [-0.4, -0.2) is 43.0 Å². The van der Waals surface area contributed by atoms with E-state index in [0.29, 0.717) is 30.9 Å². The highest BCUT2D eigenvalue weighted by molar-refractivity contribution is 5.98. The van der Waals surface area contributed by atoms with Crippen molar-refractivity contribution in [3.63, 3.8) is 0 Å². The third kappa shape index (κ3) is 4.37. The number of halogens is 1. The number of nitrogens with zero attached hydrogens (tertiary/aromatic N) is 5. The van der Waals surface area contributed by atoms with Crippen molar-refractivity contribution in [3.05, 3.63) is 65.2 Å². The van der Waals surface area contributed by atoms with Crippen molar-refractivity contribution in [2.75, 3.05) is 5.32 Å². The monoisotopic (exact) mass is 436 g/mol. The predicted molar refractivity (Wildman–Crippen MR) is 116 cm³/mol. The van der Waals surface area contributed by atoms with Gasteiger partial charge in [0.2, 0.25) is 11.8 Å². The Kier molecular flexibility index (Phi) is 5.98. The molecular formula is C23H25FN6O2. The molecule has 0 spiro atoms. The first kappa shape index (κ1) is 21.6. The van der Waals surface area contributed by atoms with Crippen molar-refractivity contribution in [2.45, 2.75) is 46.2 Å². The number of hydrogen-bond donors (Lipinski definition) is 1. The van der Waals surface area contributed by atoms with E-state index in [1.165, 1.54) is 22.9 Å². The third-order valence-corrected chi connectivity index (χ3v) is 5.52. The predicted octanol–water partition coefficient (Wildman–Crippen LogP) is 3.05. The lowest BCUT2D eigenvalue weighted by Gasteiger charge is -2.36. The summed E-state index contributed by atoms with van der Waals surface area (Å²) in [4.78, 5) is 27.9. The molecule has 32 heavy (non-hydrogen) atoms. The first-order chi connectivity index (χ1) is 15.3. The van der Waals surface area contributed by atoms with Crippen molar-refractivity contribution in [1.29, 1.82) is 0 Å². The first-order valence-corrected chi connectivity index (χ1v) is 10.6. The van der Waals surface area contributed by atoms with Crippen LogP contribution in [0.25, 0.3) is 5.69 Å². The number of fused-ring (bicyclic) bond motifs is 1. The number of aryl methyl sites for hydroxylation is 1. The van der Waals surface area contributed by atoms with Crippen molar-refractivity contribution < 1.29 is 14.0 Å². The average molecular weight is 436 g/mol. The number of carbonyl (C=O) groups is 2. The second-order valence-electron chi connectivity index (χ2n) is 8.40. The maximum Gasteiger partial charge on any atom is 0.247 e. The number of anilines is 1. The van der Waals surface area contributed by atoms with Gasteiger partial charge in [0.1, 0.15) is 17.5 Å². The van der Waals surface area contributed by atoms with Gasteiger partial charge in [0.25, 0.3) is 0 Å². The number of tetrazole rings is 1. The first-order valence-electron chi connectivity index (χ1n) is 10.6. The Bertz CT molecular complexity index is 1160. The van der Waals surface area contributed by atoms with E-state index in [4.69, 9.17) is 0 Å². The van der Waals surface area contributed by atoms with Crippen LogP contribution in [-0.2, 0) is 22.6 Å².